The zero-order chi connectivity index (χ0) is 36.0. The lowest BCUT2D eigenvalue weighted by atomic mass is 9.85. The Morgan fingerprint density at radius 2 is 1.59 bits per heavy atom. The number of nitrogens with one attached hydrogen (secondary N) is 3. The molecule has 13 nitrogen and oxygen atoms in total. The number of aryl methyl sites for hydroxylation is 1. The van der Waals surface area contributed by atoms with Gasteiger partial charge >= 0.3 is 6.09 Å². The Morgan fingerprint density at radius 3 is 2.20 bits per heavy atom. The van der Waals surface area contributed by atoms with Crippen molar-refractivity contribution >= 4 is 35.2 Å². The predicted molar refractivity (Wildman–Crippen MR) is 187 cm³/mol. The molecule has 2 aromatic rings. The van der Waals surface area contributed by atoms with Gasteiger partial charge in [-0.2, -0.15) is 0 Å². The first kappa shape index (κ1) is 39.8. The number of rotatable bonds is 17. The molecule has 4 amide bonds. The Bertz CT molecular complexity index is 1370. The van der Waals surface area contributed by atoms with Crippen molar-refractivity contribution in [2.75, 3.05) is 52.7 Å². The number of likely N-dealkylation sites (tertiary alicyclic amines) is 1. The van der Waals surface area contributed by atoms with E-state index in [4.69, 9.17) is 18.9 Å². The normalized spacial score (nSPS) is 15.5. The van der Waals surface area contributed by atoms with Gasteiger partial charge in [0.25, 0.3) is 0 Å². The SMILES string of the molecule is Cc1ncsc1-c1ccc(CNC(=O)C2CCCN2C(=O)C(NC(=O)COCCOCCOCCNC(=O)OC(C)(C)C)C(C)(C)C)cc1. The van der Waals surface area contributed by atoms with E-state index in [1.807, 2.05) is 57.5 Å². The molecular weight excluding hydrogens is 650 g/mol. The van der Waals surface area contributed by atoms with Gasteiger partial charge in [-0.15, -0.1) is 11.3 Å². The summed E-state index contributed by atoms with van der Waals surface area (Å²) in [4.78, 5) is 58.4. The van der Waals surface area contributed by atoms with Crippen molar-refractivity contribution in [2.45, 2.75) is 85.5 Å². The molecule has 272 valence electrons. The molecule has 0 aliphatic carbocycles. The topological polar surface area (TPSA) is 157 Å². The molecule has 0 spiro atoms. The Hall–Kier alpha value is -3.59. The van der Waals surface area contributed by atoms with Crippen molar-refractivity contribution in [2.24, 2.45) is 5.41 Å². The zero-order valence-electron chi connectivity index (χ0n) is 29.9. The molecule has 2 atom stereocenters. The minimum Gasteiger partial charge on any atom is -0.444 e. The highest BCUT2D eigenvalue weighted by Gasteiger charge is 2.41. The van der Waals surface area contributed by atoms with Gasteiger partial charge < -0.3 is 39.8 Å². The minimum absolute atomic E-state index is 0.184. The molecule has 49 heavy (non-hydrogen) atoms. The maximum atomic E-state index is 13.8. The highest BCUT2D eigenvalue weighted by Crippen LogP contribution is 2.28. The van der Waals surface area contributed by atoms with E-state index in [0.717, 1.165) is 21.7 Å². The fourth-order valence-electron chi connectivity index (χ4n) is 5.12. The second-order valence-corrected chi connectivity index (χ2v) is 14.8. The van der Waals surface area contributed by atoms with Crippen LogP contribution in [0, 0.1) is 12.3 Å². The number of ether oxygens (including phenoxy) is 4. The van der Waals surface area contributed by atoms with Crippen LogP contribution in [0.5, 0.6) is 0 Å². The van der Waals surface area contributed by atoms with E-state index in [2.05, 4.69) is 20.9 Å². The molecule has 0 bridgehead atoms. The molecule has 3 rings (SSSR count). The fourth-order valence-corrected chi connectivity index (χ4v) is 5.94. The molecule has 1 aromatic heterocycles. The molecule has 0 radical (unpaired) electrons. The lowest BCUT2D eigenvalue weighted by Crippen LogP contribution is -2.58. The van der Waals surface area contributed by atoms with Crippen molar-refractivity contribution in [3.63, 3.8) is 0 Å². The Balaban J connectivity index is 1.36. The quantitative estimate of drug-likeness (QED) is 0.208. The van der Waals surface area contributed by atoms with Crippen molar-refractivity contribution in [3.8, 4) is 10.4 Å². The smallest absolute Gasteiger partial charge is 0.407 e. The van der Waals surface area contributed by atoms with Crippen LogP contribution in [-0.2, 0) is 39.9 Å². The summed E-state index contributed by atoms with van der Waals surface area (Å²) in [6, 6.07) is 6.57. The number of carbonyl (C=O) groups is 4. The van der Waals surface area contributed by atoms with Crippen molar-refractivity contribution in [1.82, 2.24) is 25.8 Å². The van der Waals surface area contributed by atoms with E-state index >= 15 is 0 Å². The number of carbonyl (C=O) groups excluding carboxylic acids is 4. The summed E-state index contributed by atoms with van der Waals surface area (Å²) in [7, 11) is 0. The molecule has 2 unspecified atom stereocenters. The number of hydrogen-bond donors (Lipinski definition) is 3. The van der Waals surface area contributed by atoms with Crippen LogP contribution in [0.1, 0.15) is 65.6 Å². The van der Waals surface area contributed by atoms with Crippen LogP contribution in [-0.4, -0.2) is 104 Å². The van der Waals surface area contributed by atoms with E-state index in [0.29, 0.717) is 52.3 Å². The van der Waals surface area contributed by atoms with Gasteiger partial charge in [-0.05, 0) is 57.1 Å². The van der Waals surface area contributed by atoms with Gasteiger partial charge in [0.15, 0.2) is 0 Å². The Labute approximate surface area is 293 Å². The number of amides is 4. The predicted octanol–water partition coefficient (Wildman–Crippen LogP) is 3.83. The summed E-state index contributed by atoms with van der Waals surface area (Å²) in [6.45, 7) is 15.3. The third-order valence-corrected chi connectivity index (χ3v) is 8.55. The molecule has 1 aromatic carbocycles. The maximum absolute atomic E-state index is 13.8. The van der Waals surface area contributed by atoms with Crippen molar-refractivity contribution < 1.29 is 38.1 Å². The summed E-state index contributed by atoms with van der Waals surface area (Å²) in [5, 5.41) is 8.44. The van der Waals surface area contributed by atoms with Gasteiger partial charge in [0, 0.05) is 19.6 Å². The zero-order valence-corrected chi connectivity index (χ0v) is 30.7. The van der Waals surface area contributed by atoms with Crippen LogP contribution in [0.3, 0.4) is 0 Å². The minimum atomic E-state index is -0.835. The number of aromatic nitrogens is 1. The van der Waals surface area contributed by atoms with Crippen LogP contribution < -0.4 is 16.0 Å². The molecule has 1 aliphatic rings. The summed E-state index contributed by atoms with van der Waals surface area (Å²) in [5.41, 5.74) is 3.71. The maximum Gasteiger partial charge on any atom is 0.407 e. The molecule has 2 heterocycles. The van der Waals surface area contributed by atoms with Gasteiger partial charge in [-0.1, -0.05) is 45.0 Å². The standard InChI is InChI=1S/C35H53N5O8S/c1-24-29(49-23-38-24)26-12-10-25(11-13-26)21-37-31(42)27-9-8-15-40(27)32(43)30(34(2,3)4)39-28(41)22-47-20-19-46-18-17-45-16-14-36-33(44)48-35(5,6)7/h10-13,23,27,30H,8-9,14-22H2,1-7H3,(H,36,44)(H,37,42)(H,39,41). The second kappa shape index (κ2) is 19.0. The monoisotopic (exact) mass is 703 g/mol. The van der Waals surface area contributed by atoms with Gasteiger partial charge in [0.2, 0.25) is 17.7 Å². The highest BCUT2D eigenvalue weighted by molar-refractivity contribution is 7.13. The van der Waals surface area contributed by atoms with Gasteiger partial charge in [0.1, 0.15) is 24.3 Å². The van der Waals surface area contributed by atoms with Crippen molar-refractivity contribution in [1.29, 1.82) is 0 Å². The van der Waals surface area contributed by atoms with Gasteiger partial charge in [-0.25, -0.2) is 9.78 Å². The third kappa shape index (κ3) is 13.7. The number of benzene rings is 1. The molecule has 3 N–H and O–H groups in total. The first-order valence-electron chi connectivity index (χ1n) is 16.7. The highest BCUT2D eigenvalue weighted by atomic mass is 32.1. The van der Waals surface area contributed by atoms with E-state index < -0.39 is 35.1 Å². The largest absolute Gasteiger partial charge is 0.444 e. The molecule has 14 heteroatoms. The summed E-state index contributed by atoms with van der Waals surface area (Å²) < 4.78 is 21.5. The first-order valence-corrected chi connectivity index (χ1v) is 17.6. The van der Waals surface area contributed by atoms with E-state index in [1.54, 1.807) is 37.0 Å². The summed E-state index contributed by atoms with van der Waals surface area (Å²) in [5.74, 6) is -0.919. The lowest BCUT2D eigenvalue weighted by molar-refractivity contribution is -0.144. The van der Waals surface area contributed by atoms with Gasteiger partial charge in [0.05, 0.1) is 49.1 Å². The number of nitrogens with zero attached hydrogens (tertiary/aromatic N) is 2. The van der Waals surface area contributed by atoms with Gasteiger partial charge in [-0.3, -0.25) is 14.4 Å². The number of alkyl carbamates (subject to hydrolysis) is 1. The molecule has 0 saturated carbocycles. The molecule has 1 saturated heterocycles. The van der Waals surface area contributed by atoms with Crippen LogP contribution in [0.15, 0.2) is 29.8 Å². The van der Waals surface area contributed by atoms with Crippen LogP contribution >= 0.6 is 11.3 Å². The Morgan fingerprint density at radius 1 is 0.939 bits per heavy atom. The summed E-state index contributed by atoms with van der Waals surface area (Å²) in [6.07, 6.45) is 0.768. The molecule has 1 fully saturated rings. The second-order valence-electron chi connectivity index (χ2n) is 13.9. The van der Waals surface area contributed by atoms with Crippen molar-refractivity contribution in [3.05, 3.63) is 41.0 Å². The average molecular weight is 704 g/mol. The fraction of sp³-hybridized carbons (Fsp3) is 0.629. The lowest BCUT2D eigenvalue weighted by Gasteiger charge is -2.35. The van der Waals surface area contributed by atoms with E-state index in [1.165, 1.54) is 0 Å². The van der Waals surface area contributed by atoms with Crippen LogP contribution in [0.2, 0.25) is 0 Å². The van der Waals surface area contributed by atoms with E-state index in [-0.39, 0.29) is 31.6 Å². The molecular formula is C35H53N5O8S. The number of thiazole rings is 1. The summed E-state index contributed by atoms with van der Waals surface area (Å²) >= 11 is 1.59. The average Bonchev–Trinajstić information content (AvgIpc) is 3.69. The van der Waals surface area contributed by atoms with Crippen LogP contribution in [0.4, 0.5) is 4.79 Å². The molecule has 1 aliphatic heterocycles. The Kier molecular flexibility index (Phi) is 15.4. The first-order chi connectivity index (χ1) is 23.2. The van der Waals surface area contributed by atoms with Crippen LogP contribution in [0.25, 0.3) is 10.4 Å². The van der Waals surface area contributed by atoms with E-state index in [9.17, 15) is 19.2 Å². The number of hydrogen-bond acceptors (Lipinski definition) is 10. The third-order valence-electron chi connectivity index (χ3n) is 7.58.